The Balaban J connectivity index is 1.44. The van der Waals surface area contributed by atoms with Crippen LogP contribution in [0.4, 0.5) is 4.39 Å². The van der Waals surface area contributed by atoms with E-state index in [2.05, 4.69) is 16.7 Å². The van der Waals surface area contributed by atoms with E-state index < -0.39 is 6.10 Å². The van der Waals surface area contributed by atoms with Gasteiger partial charge in [0, 0.05) is 50.9 Å². The second-order valence-corrected chi connectivity index (χ2v) is 7.55. The predicted octanol–water partition coefficient (Wildman–Crippen LogP) is 1.88. The fraction of sp³-hybridized carbons (Fsp3) is 0.650. The molecule has 1 amide bonds. The third-order valence-electron chi connectivity index (χ3n) is 5.64. The number of benzene rings is 1. The Morgan fingerprint density at radius 3 is 2.54 bits per heavy atom. The molecule has 3 rings (SSSR count). The topological polar surface area (TPSA) is 47.0 Å². The standard InChI is InChI=1S/C20H30FN3O2/c1-16-6-4-5-9-24(16)20(26)15-23-12-10-22(11-13-23)14-19(25)17-7-2-3-8-18(17)21/h2-3,7-8,16,19,25H,4-6,9-15H2,1H3. The van der Waals surface area contributed by atoms with Crippen molar-refractivity contribution in [2.75, 3.05) is 45.8 Å². The number of hydrogen-bond acceptors (Lipinski definition) is 4. The normalized spacial score (nSPS) is 23.8. The lowest BCUT2D eigenvalue weighted by molar-refractivity contribution is -0.136. The van der Waals surface area contributed by atoms with Gasteiger partial charge in [-0.15, -0.1) is 0 Å². The molecule has 2 saturated heterocycles. The van der Waals surface area contributed by atoms with Crippen molar-refractivity contribution < 1.29 is 14.3 Å². The highest BCUT2D eigenvalue weighted by atomic mass is 19.1. The van der Waals surface area contributed by atoms with Crippen LogP contribution in [0.5, 0.6) is 0 Å². The minimum atomic E-state index is -0.821. The van der Waals surface area contributed by atoms with E-state index in [1.165, 1.54) is 12.5 Å². The molecule has 5 nitrogen and oxygen atoms in total. The smallest absolute Gasteiger partial charge is 0.236 e. The SMILES string of the molecule is CC1CCCCN1C(=O)CN1CCN(CC(O)c2ccccc2F)CC1. The summed E-state index contributed by atoms with van der Waals surface area (Å²) < 4.78 is 13.8. The lowest BCUT2D eigenvalue weighted by Crippen LogP contribution is -2.52. The number of likely N-dealkylation sites (tertiary alicyclic amines) is 1. The number of β-amino-alcohol motifs (C(OH)–C–C–N with tert-alkyl or cyclic N) is 1. The summed E-state index contributed by atoms with van der Waals surface area (Å²) in [4.78, 5) is 18.9. The fourth-order valence-electron chi connectivity index (χ4n) is 3.97. The van der Waals surface area contributed by atoms with E-state index in [4.69, 9.17) is 0 Å². The molecule has 2 heterocycles. The molecule has 0 bridgehead atoms. The summed E-state index contributed by atoms with van der Waals surface area (Å²) in [5.41, 5.74) is 0.351. The Bertz CT molecular complexity index is 604. The molecule has 2 fully saturated rings. The molecule has 0 aliphatic carbocycles. The maximum atomic E-state index is 13.8. The summed E-state index contributed by atoms with van der Waals surface area (Å²) in [5.74, 6) is -0.128. The van der Waals surface area contributed by atoms with Crippen LogP contribution < -0.4 is 0 Å². The van der Waals surface area contributed by atoms with Crippen molar-refractivity contribution in [1.82, 2.24) is 14.7 Å². The summed E-state index contributed by atoms with van der Waals surface area (Å²) in [6.07, 6.45) is 2.61. The number of rotatable bonds is 5. The second kappa shape index (κ2) is 8.93. The van der Waals surface area contributed by atoms with Crippen molar-refractivity contribution in [3.63, 3.8) is 0 Å². The van der Waals surface area contributed by atoms with Crippen LogP contribution in [0.3, 0.4) is 0 Å². The Labute approximate surface area is 155 Å². The molecule has 0 spiro atoms. The van der Waals surface area contributed by atoms with E-state index in [-0.39, 0.29) is 11.7 Å². The van der Waals surface area contributed by atoms with E-state index >= 15 is 0 Å². The van der Waals surface area contributed by atoms with Gasteiger partial charge >= 0.3 is 0 Å². The first-order chi connectivity index (χ1) is 12.5. The number of piperazine rings is 1. The molecule has 6 heteroatoms. The van der Waals surface area contributed by atoms with Gasteiger partial charge in [0.05, 0.1) is 12.6 Å². The van der Waals surface area contributed by atoms with Crippen molar-refractivity contribution in [2.24, 2.45) is 0 Å². The van der Waals surface area contributed by atoms with E-state index in [0.29, 0.717) is 24.7 Å². The number of hydrogen-bond donors (Lipinski definition) is 1. The average Bonchev–Trinajstić information content (AvgIpc) is 2.64. The number of amides is 1. The molecule has 1 aromatic carbocycles. The highest BCUT2D eigenvalue weighted by Crippen LogP contribution is 2.19. The lowest BCUT2D eigenvalue weighted by atomic mass is 10.0. The zero-order valence-corrected chi connectivity index (χ0v) is 15.6. The van der Waals surface area contributed by atoms with Gasteiger partial charge in [-0.05, 0) is 32.3 Å². The minimum Gasteiger partial charge on any atom is -0.387 e. The van der Waals surface area contributed by atoms with Gasteiger partial charge in [-0.1, -0.05) is 18.2 Å². The van der Waals surface area contributed by atoms with Gasteiger partial charge in [0.2, 0.25) is 5.91 Å². The molecule has 2 unspecified atom stereocenters. The van der Waals surface area contributed by atoms with Gasteiger partial charge in [-0.25, -0.2) is 4.39 Å². The number of piperidine rings is 1. The molecule has 1 aromatic rings. The first-order valence-corrected chi connectivity index (χ1v) is 9.71. The third kappa shape index (κ3) is 4.81. The van der Waals surface area contributed by atoms with Crippen LogP contribution in [0.1, 0.15) is 37.9 Å². The summed E-state index contributed by atoms with van der Waals surface area (Å²) in [6, 6.07) is 6.74. The molecule has 2 aliphatic heterocycles. The first-order valence-electron chi connectivity index (χ1n) is 9.71. The Morgan fingerprint density at radius 1 is 1.15 bits per heavy atom. The van der Waals surface area contributed by atoms with E-state index in [1.54, 1.807) is 18.2 Å². The van der Waals surface area contributed by atoms with Crippen LogP contribution in [0.25, 0.3) is 0 Å². The van der Waals surface area contributed by atoms with E-state index in [9.17, 15) is 14.3 Å². The number of nitrogens with zero attached hydrogens (tertiary/aromatic N) is 3. The van der Waals surface area contributed by atoms with Crippen LogP contribution in [0, 0.1) is 5.82 Å². The summed E-state index contributed by atoms with van der Waals surface area (Å²) >= 11 is 0. The van der Waals surface area contributed by atoms with Gasteiger partial charge in [-0.2, -0.15) is 0 Å². The van der Waals surface area contributed by atoms with Crippen LogP contribution in [-0.2, 0) is 4.79 Å². The Kier molecular flexibility index (Phi) is 6.62. The Morgan fingerprint density at radius 2 is 1.85 bits per heavy atom. The Hall–Kier alpha value is -1.50. The van der Waals surface area contributed by atoms with Crippen LogP contribution >= 0.6 is 0 Å². The first kappa shape index (κ1) is 19.3. The van der Waals surface area contributed by atoms with Crippen molar-refractivity contribution in [3.8, 4) is 0 Å². The lowest BCUT2D eigenvalue weighted by Gasteiger charge is -2.38. The van der Waals surface area contributed by atoms with Gasteiger partial charge in [0.1, 0.15) is 5.82 Å². The maximum absolute atomic E-state index is 13.8. The highest BCUT2D eigenvalue weighted by Gasteiger charge is 2.27. The van der Waals surface area contributed by atoms with Crippen molar-refractivity contribution in [1.29, 1.82) is 0 Å². The van der Waals surface area contributed by atoms with Gasteiger partial charge in [0.25, 0.3) is 0 Å². The number of carbonyl (C=O) groups excluding carboxylic acids is 1. The third-order valence-corrected chi connectivity index (χ3v) is 5.64. The van der Waals surface area contributed by atoms with Crippen LogP contribution in [-0.4, -0.2) is 77.6 Å². The summed E-state index contributed by atoms with van der Waals surface area (Å²) in [7, 11) is 0. The van der Waals surface area contributed by atoms with Crippen molar-refractivity contribution in [3.05, 3.63) is 35.6 Å². The molecule has 2 aliphatic rings. The van der Waals surface area contributed by atoms with Crippen molar-refractivity contribution in [2.45, 2.75) is 38.3 Å². The zero-order chi connectivity index (χ0) is 18.5. The van der Waals surface area contributed by atoms with Crippen LogP contribution in [0.15, 0.2) is 24.3 Å². The highest BCUT2D eigenvalue weighted by molar-refractivity contribution is 5.78. The number of aliphatic hydroxyl groups is 1. The molecule has 1 N–H and O–H groups in total. The molecular formula is C20H30FN3O2. The largest absolute Gasteiger partial charge is 0.387 e. The maximum Gasteiger partial charge on any atom is 0.236 e. The number of carbonyl (C=O) groups is 1. The van der Waals surface area contributed by atoms with Gasteiger partial charge < -0.3 is 10.0 Å². The van der Waals surface area contributed by atoms with Crippen molar-refractivity contribution >= 4 is 5.91 Å². The fourth-order valence-corrected chi connectivity index (χ4v) is 3.97. The van der Waals surface area contributed by atoms with E-state index in [0.717, 1.165) is 45.6 Å². The summed E-state index contributed by atoms with van der Waals surface area (Å²) in [6.45, 7) is 7.10. The average molecular weight is 363 g/mol. The summed E-state index contributed by atoms with van der Waals surface area (Å²) in [5, 5.41) is 10.3. The molecule has 0 saturated carbocycles. The minimum absolute atomic E-state index is 0.233. The molecular weight excluding hydrogens is 333 g/mol. The van der Waals surface area contributed by atoms with E-state index in [1.807, 2.05) is 4.90 Å². The number of aliphatic hydroxyl groups excluding tert-OH is 1. The predicted molar refractivity (Wildman–Crippen MR) is 99.3 cm³/mol. The van der Waals surface area contributed by atoms with Crippen LogP contribution in [0.2, 0.25) is 0 Å². The molecule has 0 aromatic heterocycles. The molecule has 144 valence electrons. The quantitative estimate of drug-likeness (QED) is 0.868. The second-order valence-electron chi connectivity index (χ2n) is 7.55. The molecule has 26 heavy (non-hydrogen) atoms. The molecule has 2 atom stereocenters. The van der Waals surface area contributed by atoms with Gasteiger partial charge in [-0.3, -0.25) is 14.6 Å². The zero-order valence-electron chi connectivity index (χ0n) is 15.6. The monoisotopic (exact) mass is 363 g/mol. The number of halogens is 1. The molecule has 0 radical (unpaired) electrons. The van der Waals surface area contributed by atoms with Gasteiger partial charge in [0.15, 0.2) is 0 Å².